The number of thiophene rings is 1. The van der Waals surface area contributed by atoms with E-state index in [0.717, 1.165) is 4.88 Å². The molecule has 2 aromatic heterocycles. The zero-order valence-corrected chi connectivity index (χ0v) is 15.2. The van der Waals surface area contributed by atoms with E-state index in [1.807, 2.05) is 18.2 Å². The maximum absolute atomic E-state index is 12.3. The molecule has 0 unspecified atom stereocenters. The van der Waals surface area contributed by atoms with Crippen molar-refractivity contribution in [1.82, 2.24) is 14.9 Å². The van der Waals surface area contributed by atoms with Crippen LogP contribution in [0.15, 0.2) is 46.3 Å². The minimum absolute atomic E-state index is 0.114. The van der Waals surface area contributed by atoms with Crippen LogP contribution in [0.25, 0.3) is 10.9 Å². The summed E-state index contributed by atoms with van der Waals surface area (Å²) >= 11 is 8.54. The largest absolute Gasteiger partial charge is 0.350 e. The molecule has 0 radical (unpaired) electrons. The Bertz CT molecular complexity index is 952. The summed E-state index contributed by atoms with van der Waals surface area (Å²) in [5.74, 6) is 0.0736. The van der Waals surface area contributed by atoms with Crippen molar-refractivity contribution in [3.05, 3.63) is 56.0 Å². The highest BCUT2D eigenvalue weighted by Crippen LogP contribution is 2.21. The second-order valence-electron chi connectivity index (χ2n) is 5.05. The summed E-state index contributed by atoms with van der Waals surface area (Å²) in [5.41, 5.74) is 0.522. The first kappa shape index (κ1) is 17.0. The average molecular weight is 380 g/mol. The fourth-order valence-electron chi connectivity index (χ4n) is 2.14. The van der Waals surface area contributed by atoms with Crippen LogP contribution in [0.5, 0.6) is 0 Å². The van der Waals surface area contributed by atoms with Crippen molar-refractivity contribution in [3.63, 3.8) is 0 Å². The number of carbonyl (C=O) groups excluding carboxylic acids is 1. The van der Waals surface area contributed by atoms with Gasteiger partial charge in [-0.1, -0.05) is 35.5 Å². The average Bonchev–Trinajstić information content (AvgIpc) is 3.00. The topological polar surface area (TPSA) is 64.0 Å². The maximum Gasteiger partial charge on any atom is 0.261 e. The SMILES string of the molecule is Cn1c(SCC(=O)NCc2ccc(Cl)s2)nc2ccccc2c1=O. The molecule has 5 nitrogen and oxygen atoms in total. The van der Waals surface area contributed by atoms with Crippen LogP contribution in [0.3, 0.4) is 0 Å². The van der Waals surface area contributed by atoms with E-state index in [0.29, 0.717) is 26.9 Å². The first-order chi connectivity index (χ1) is 11.5. The highest BCUT2D eigenvalue weighted by molar-refractivity contribution is 7.99. The van der Waals surface area contributed by atoms with Gasteiger partial charge in [-0.25, -0.2) is 4.98 Å². The van der Waals surface area contributed by atoms with E-state index in [-0.39, 0.29) is 17.2 Å². The van der Waals surface area contributed by atoms with E-state index < -0.39 is 0 Å². The molecular weight excluding hydrogens is 366 g/mol. The minimum atomic E-state index is -0.119. The molecule has 1 N–H and O–H groups in total. The summed E-state index contributed by atoms with van der Waals surface area (Å²) in [5, 5.41) is 3.92. The number of carbonyl (C=O) groups is 1. The number of nitrogens with one attached hydrogen (secondary N) is 1. The third kappa shape index (κ3) is 3.80. The van der Waals surface area contributed by atoms with Gasteiger partial charge < -0.3 is 5.32 Å². The van der Waals surface area contributed by atoms with Crippen molar-refractivity contribution < 1.29 is 4.79 Å². The van der Waals surface area contributed by atoms with Gasteiger partial charge in [0.15, 0.2) is 5.16 Å². The molecule has 1 aromatic carbocycles. The van der Waals surface area contributed by atoms with Crippen LogP contribution in [-0.2, 0) is 18.4 Å². The number of thioether (sulfide) groups is 1. The summed E-state index contributed by atoms with van der Waals surface area (Å²) in [6.07, 6.45) is 0. The summed E-state index contributed by atoms with van der Waals surface area (Å²) in [7, 11) is 1.66. The van der Waals surface area contributed by atoms with Gasteiger partial charge in [0.05, 0.1) is 27.5 Å². The molecule has 24 heavy (non-hydrogen) atoms. The van der Waals surface area contributed by atoms with Gasteiger partial charge in [0.25, 0.3) is 5.56 Å². The molecule has 0 aliphatic heterocycles. The predicted octanol–water partition coefficient (Wildman–Crippen LogP) is 3.06. The van der Waals surface area contributed by atoms with Gasteiger partial charge in [0, 0.05) is 11.9 Å². The van der Waals surface area contributed by atoms with Gasteiger partial charge >= 0.3 is 0 Å². The number of fused-ring (bicyclic) bond motifs is 1. The third-order valence-corrected chi connectivity index (χ3v) is 5.62. The lowest BCUT2D eigenvalue weighted by atomic mass is 10.2. The van der Waals surface area contributed by atoms with Gasteiger partial charge in [0.1, 0.15) is 0 Å². The Morgan fingerprint density at radius 3 is 2.88 bits per heavy atom. The zero-order valence-electron chi connectivity index (χ0n) is 12.8. The Labute approximate surface area is 151 Å². The van der Waals surface area contributed by atoms with Gasteiger partial charge in [-0.05, 0) is 24.3 Å². The van der Waals surface area contributed by atoms with Crippen LogP contribution in [-0.4, -0.2) is 21.2 Å². The first-order valence-corrected chi connectivity index (χ1v) is 9.32. The Morgan fingerprint density at radius 2 is 2.12 bits per heavy atom. The van der Waals surface area contributed by atoms with Gasteiger partial charge in [0.2, 0.25) is 5.91 Å². The van der Waals surface area contributed by atoms with E-state index in [2.05, 4.69) is 10.3 Å². The van der Waals surface area contributed by atoms with Crippen LogP contribution in [0.4, 0.5) is 0 Å². The summed E-state index contributed by atoms with van der Waals surface area (Å²) in [6.45, 7) is 0.445. The highest BCUT2D eigenvalue weighted by Gasteiger charge is 2.10. The molecule has 0 saturated heterocycles. The summed E-state index contributed by atoms with van der Waals surface area (Å²) in [6, 6.07) is 10.9. The van der Waals surface area contributed by atoms with Crippen molar-refractivity contribution in [2.75, 3.05) is 5.75 Å². The first-order valence-electron chi connectivity index (χ1n) is 7.14. The number of amides is 1. The van der Waals surface area contributed by atoms with Crippen LogP contribution in [0, 0.1) is 0 Å². The third-order valence-electron chi connectivity index (χ3n) is 3.36. The Hall–Kier alpha value is -1.83. The smallest absolute Gasteiger partial charge is 0.261 e. The van der Waals surface area contributed by atoms with Gasteiger partial charge in [-0.15, -0.1) is 11.3 Å². The molecule has 8 heteroatoms. The zero-order chi connectivity index (χ0) is 17.1. The molecule has 0 aliphatic carbocycles. The molecule has 0 aliphatic rings. The van der Waals surface area contributed by atoms with E-state index >= 15 is 0 Å². The molecule has 2 heterocycles. The van der Waals surface area contributed by atoms with E-state index in [1.54, 1.807) is 25.2 Å². The molecule has 3 aromatic rings. The molecule has 1 amide bonds. The Balaban J connectivity index is 1.66. The molecule has 0 saturated carbocycles. The molecule has 0 bridgehead atoms. The van der Waals surface area contributed by atoms with Crippen molar-refractivity contribution in [2.24, 2.45) is 7.05 Å². The molecule has 0 atom stereocenters. The number of hydrogen-bond acceptors (Lipinski definition) is 5. The Kier molecular flexibility index (Phi) is 5.23. The highest BCUT2D eigenvalue weighted by atomic mass is 35.5. The number of aromatic nitrogens is 2. The number of halogens is 1. The fraction of sp³-hybridized carbons (Fsp3) is 0.188. The molecule has 0 spiro atoms. The number of hydrogen-bond donors (Lipinski definition) is 1. The second-order valence-corrected chi connectivity index (χ2v) is 7.79. The van der Waals surface area contributed by atoms with Crippen molar-refractivity contribution >= 4 is 51.5 Å². The minimum Gasteiger partial charge on any atom is -0.350 e. The maximum atomic E-state index is 12.3. The number of para-hydroxylation sites is 1. The van der Waals surface area contributed by atoms with Gasteiger partial charge in [-0.2, -0.15) is 0 Å². The van der Waals surface area contributed by atoms with E-state index in [9.17, 15) is 9.59 Å². The Morgan fingerprint density at radius 1 is 1.33 bits per heavy atom. The summed E-state index contributed by atoms with van der Waals surface area (Å²) < 4.78 is 2.17. The monoisotopic (exact) mass is 379 g/mol. The van der Waals surface area contributed by atoms with Crippen LogP contribution >= 0.6 is 34.7 Å². The van der Waals surface area contributed by atoms with Crippen molar-refractivity contribution in [3.8, 4) is 0 Å². The molecular formula is C16H14ClN3O2S2. The molecule has 124 valence electrons. The lowest BCUT2D eigenvalue weighted by molar-refractivity contribution is -0.118. The normalized spacial score (nSPS) is 10.9. The van der Waals surface area contributed by atoms with Crippen LogP contribution < -0.4 is 10.9 Å². The number of nitrogens with zero attached hydrogens (tertiary/aromatic N) is 2. The lowest BCUT2D eigenvalue weighted by Crippen LogP contribution is -2.25. The van der Waals surface area contributed by atoms with Crippen molar-refractivity contribution in [1.29, 1.82) is 0 Å². The van der Waals surface area contributed by atoms with Gasteiger partial charge in [-0.3, -0.25) is 14.2 Å². The van der Waals surface area contributed by atoms with Crippen LogP contribution in [0.2, 0.25) is 4.34 Å². The molecule has 0 fully saturated rings. The summed E-state index contributed by atoms with van der Waals surface area (Å²) in [4.78, 5) is 29.7. The van der Waals surface area contributed by atoms with E-state index in [4.69, 9.17) is 11.6 Å². The lowest BCUT2D eigenvalue weighted by Gasteiger charge is -2.08. The molecule has 3 rings (SSSR count). The van der Waals surface area contributed by atoms with Crippen molar-refractivity contribution in [2.45, 2.75) is 11.7 Å². The second kappa shape index (κ2) is 7.38. The fourth-order valence-corrected chi connectivity index (χ4v) is 3.97. The number of rotatable bonds is 5. The predicted molar refractivity (Wildman–Crippen MR) is 98.9 cm³/mol. The van der Waals surface area contributed by atoms with Crippen LogP contribution in [0.1, 0.15) is 4.88 Å². The van der Waals surface area contributed by atoms with E-state index in [1.165, 1.54) is 27.7 Å². The number of benzene rings is 1. The quantitative estimate of drug-likeness (QED) is 0.546. The standard InChI is InChI=1S/C16H14ClN3O2S2/c1-20-15(22)11-4-2-3-5-12(11)19-16(20)23-9-14(21)18-8-10-6-7-13(17)24-10/h2-7H,8-9H2,1H3,(H,18,21).